The van der Waals surface area contributed by atoms with E-state index < -0.39 is 42.0 Å². The van der Waals surface area contributed by atoms with Crippen LogP contribution in [0.25, 0.3) is 0 Å². The maximum atomic E-state index is 12.3. The summed E-state index contributed by atoms with van der Waals surface area (Å²) in [6.07, 6.45) is 7.46. The lowest BCUT2D eigenvalue weighted by atomic mass is 9.84. The van der Waals surface area contributed by atoms with Crippen molar-refractivity contribution in [1.82, 2.24) is 5.32 Å². The summed E-state index contributed by atoms with van der Waals surface area (Å²) in [7, 11) is 0. The fourth-order valence-electron chi connectivity index (χ4n) is 5.47. The van der Waals surface area contributed by atoms with Crippen molar-refractivity contribution in [2.24, 2.45) is 5.92 Å². The summed E-state index contributed by atoms with van der Waals surface area (Å²) >= 11 is 0. The fourth-order valence-corrected chi connectivity index (χ4v) is 5.47. The monoisotopic (exact) mass is 549 g/mol. The Bertz CT molecular complexity index is 991. The Morgan fingerprint density at radius 1 is 1.15 bits per heavy atom. The van der Waals surface area contributed by atoms with Gasteiger partial charge in [0.05, 0.1) is 36.9 Å². The van der Waals surface area contributed by atoms with Crippen LogP contribution in [0.1, 0.15) is 67.2 Å². The minimum absolute atomic E-state index is 0.0171. The lowest BCUT2D eigenvalue weighted by molar-refractivity contribution is -0.155. The number of carboxylic acid groups (broad SMARTS) is 1. The molecular weight excluding hydrogens is 506 g/mol. The number of carbonyl (C=O) groups excluding carboxylic acids is 2. The van der Waals surface area contributed by atoms with Crippen LogP contribution in [0.2, 0.25) is 0 Å². The topological polar surface area (TPSA) is 144 Å². The second kappa shape index (κ2) is 13.2. The normalized spacial score (nSPS) is 37.7. The van der Waals surface area contributed by atoms with Crippen LogP contribution in [-0.4, -0.2) is 82.4 Å². The van der Waals surface area contributed by atoms with E-state index in [9.17, 15) is 24.6 Å². The number of hydrogen-bond donors (Lipinski definition) is 3. The summed E-state index contributed by atoms with van der Waals surface area (Å²) in [5, 5.41) is 23.0. The minimum atomic E-state index is -0.943. The second-order valence-electron chi connectivity index (χ2n) is 11.1. The molecule has 1 amide bonds. The van der Waals surface area contributed by atoms with Gasteiger partial charge in [-0.3, -0.25) is 14.4 Å². The minimum Gasteiger partial charge on any atom is -0.481 e. The summed E-state index contributed by atoms with van der Waals surface area (Å²) in [6.45, 7) is 10.9. The first-order valence-electron chi connectivity index (χ1n) is 13.7. The molecule has 0 aromatic carbocycles. The largest absolute Gasteiger partial charge is 0.481 e. The summed E-state index contributed by atoms with van der Waals surface area (Å²) in [4.78, 5) is 34.6. The zero-order chi connectivity index (χ0) is 28.9. The molecule has 3 saturated heterocycles. The van der Waals surface area contributed by atoms with Gasteiger partial charge in [-0.1, -0.05) is 30.7 Å². The molecule has 3 aliphatic rings. The van der Waals surface area contributed by atoms with E-state index >= 15 is 0 Å². The quantitative estimate of drug-likeness (QED) is 0.162. The van der Waals surface area contributed by atoms with Gasteiger partial charge in [0.25, 0.3) is 0 Å². The van der Waals surface area contributed by atoms with E-state index in [2.05, 4.69) is 18.3 Å². The van der Waals surface area contributed by atoms with Crippen molar-refractivity contribution >= 4 is 17.8 Å². The number of aliphatic carboxylic acids is 1. The van der Waals surface area contributed by atoms with Crippen molar-refractivity contribution in [3.8, 4) is 0 Å². The average Bonchev–Trinajstić information content (AvgIpc) is 3.48. The van der Waals surface area contributed by atoms with Crippen molar-refractivity contribution in [2.75, 3.05) is 0 Å². The summed E-state index contributed by atoms with van der Waals surface area (Å²) in [5.41, 5.74) is 0.227. The Kier molecular flexibility index (Phi) is 10.5. The molecule has 0 radical (unpaired) electrons. The Morgan fingerprint density at radius 3 is 2.46 bits per heavy atom. The van der Waals surface area contributed by atoms with E-state index in [1.54, 1.807) is 19.1 Å². The zero-order valence-corrected chi connectivity index (χ0v) is 23.7. The molecule has 10 heteroatoms. The summed E-state index contributed by atoms with van der Waals surface area (Å²) in [5.74, 6) is -1.40. The molecule has 3 aliphatic heterocycles. The number of carbonyl (C=O) groups is 3. The van der Waals surface area contributed by atoms with E-state index in [1.165, 1.54) is 13.0 Å². The SMILES string of the molecule is CC(=O)OC(C)C=CC(=O)NC1CC(C)C(CC=C(C)C=CC2OC(CC(=O)O)CC3(OC3C)C2O)OC1C. The number of aliphatic hydroxyl groups excluding tert-OH is 1. The van der Waals surface area contributed by atoms with Gasteiger partial charge in [0, 0.05) is 19.4 Å². The van der Waals surface area contributed by atoms with Crippen LogP contribution in [0.3, 0.4) is 0 Å². The van der Waals surface area contributed by atoms with Gasteiger partial charge in [-0.2, -0.15) is 0 Å². The van der Waals surface area contributed by atoms with Gasteiger partial charge < -0.3 is 34.5 Å². The molecule has 0 aromatic heterocycles. The van der Waals surface area contributed by atoms with Crippen LogP contribution in [0.15, 0.2) is 36.0 Å². The van der Waals surface area contributed by atoms with Crippen LogP contribution in [0, 0.1) is 5.92 Å². The van der Waals surface area contributed by atoms with Crippen molar-refractivity contribution in [3.05, 3.63) is 36.0 Å². The Labute approximate surface area is 230 Å². The number of amides is 1. The Morgan fingerprint density at radius 2 is 1.85 bits per heavy atom. The highest BCUT2D eigenvalue weighted by Gasteiger charge is 2.64. The highest BCUT2D eigenvalue weighted by Crippen LogP contribution is 2.49. The highest BCUT2D eigenvalue weighted by molar-refractivity contribution is 5.87. The van der Waals surface area contributed by atoms with Crippen LogP contribution in [0.5, 0.6) is 0 Å². The number of carboxylic acids is 1. The van der Waals surface area contributed by atoms with Gasteiger partial charge in [0.15, 0.2) is 0 Å². The number of rotatable bonds is 10. The third kappa shape index (κ3) is 8.48. The first-order valence-corrected chi connectivity index (χ1v) is 13.7. The average molecular weight is 550 g/mol. The number of aliphatic hydroxyl groups is 1. The summed E-state index contributed by atoms with van der Waals surface area (Å²) in [6, 6.07) is -0.134. The van der Waals surface area contributed by atoms with Crippen LogP contribution < -0.4 is 5.32 Å². The molecule has 218 valence electrons. The molecule has 0 aromatic rings. The first-order chi connectivity index (χ1) is 18.3. The Balaban J connectivity index is 1.51. The van der Waals surface area contributed by atoms with Gasteiger partial charge >= 0.3 is 11.9 Å². The molecule has 10 unspecified atom stereocenters. The van der Waals surface area contributed by atoms with Crippen LogP contribution >= 0.6 is 0 Å². The maximum absolute atomic E-state index is 12.3. The van der Waals surface area contributed by atoms with Crippen molar-refractivity contribution < 1.29 is 43.5 Å². The molecule has 3 heterocycles. The maximum Gasteiger partial charge on any atom is 0.305 e. The van der Waals surface area contributed by atoms with Gasteiger partial charge in [0.2, 0.25) is 5.91 Å². The van der Waals surface area contributed by atoms with Gasteiger partial charge in [-0.05, 0) is 52.5 Å². The lowest BCUT2D eigenvalue weighted by Crippen LogP contribution is -2.51. The molecule has 1 spiro atoms. The number of hydrogen-bond acceptors (Lipinski definition) is 8. The second-order valence-corrected chi connectivity index (χ2v) is 11.1. The zero-order valence-electron chi connectivity index (χ0n) is 23.7. The molecule has 10 atom stereocenters. The molecule has 0 aliphatic carbocycles. The van der Waals surface area contributed by atoms with Gasteiger partial charge in [-0.15, -0.1) is 0 Å². The molecule has 3 rings (SSSR count). The molecule has 3 fully saturated rings. The third-order valence-corrected chi connectivity index (χ3v) is 7.77. The van der Waals surface area contributed by atoms with Crippen molar-refractivity contribution in [3.63, 3.8) is 0 Å². The van der Waals surface area contributed by atoms with Crippen LogP contribution in [0.4, 0.5) is 0 Å². The highest BCUT2D eigenvalue weighted by atomic mass is 16.6. The molecule has 0 saturated carbocycles. The van der Waals surface area contributed by atoms with E-state index in [4.69, 9.17) is 18.9 Å². The van der Waals surface area contributed by atoms with E-state index in [0.29, 0.717) is 12.8 Å². The number of esters is 1. The number of allylic oxidation sites excluding steroid dienone is 2. The Hall–Kier alpha value is -2.53. The molecule has 3 N–H and O–H groups in total. The molecular formula is C29H43NO9. The smallest absolute Gasteiger partial charge is 0.305 e. The van der Waals surface area contributed by atoms with Gasteiger partial charge in [0.1, 0.15) is 23.9 Å². The van der Waals surface area contributed by atoms with Crippen molar-refractivity contribution in [1.29, 1.82) is 0 Å². The molecule has 39 heavy (non-hydrogen) atoms. The fraction of sp³-hybridized carbons (Fsp3) is 0.690. The summed E-state index contributed by atoms with van der Waals surface area (Å²) < 4.78 is 22.8. The van der Waals surface area contributed by atoms with E-state index in [-0.39, 0.29) is 42.6 Å². The number of epoxide rings is 1. The third-order valence-electron chi connectivity index (χ3n) is 7.77. The lowest BCUT2D eigenvalue weighted by Gasteiger charge is -2.39. The number of ether oxygens (including phenoxy) is 4. The molecule has 0 bridgehead atoms. The van der Waals surface area contributed by atoms with E-state index in [0.717, 1.165) is 12.0 Å². The predicted octanol–water partition coefficient (Wildman–Crippen LogP) is 2.84. The molecule has 10 nitrogen and oxygen atoms in total. The van der Waals surface area contributed by atoms with Crippen molar-refractivity contribution in [2.45, 2.75) is 122 Å². The van der Waals surface area contributed by atoms with Crippen LogP contribution in [-0.2, 0) is 33.3 Å². The first kappa shape index (κ1) is 31.0. The number of nitrogens with one attached hydrogen (secondary N) is 1. The standard InChI is InChI=1S/C29H43NO9/c1-16(8-11-25-28(35)29(20(5)39-29)15-22(38-25)14-27(33)34)7-10-24-17(2)13-23(19(4)37-24)30-26(32)12-9-18(3)36-21(6)31/h7-9,11-12,17-20,22-25,28,35H,10,13-15H2,1-6H3,(H,30,32)(H,33,34). The predicted molar refractivity (Wildman–Crippen MR) is 143 cm³/mol. The van der Waals surface area contributed by atoms with E-state index in [1.807, 2.05) is 26.8 Å². The van der Waals surface area contributed by atoms with Gasteiger partial charge in [-0.25, -0.2) is 0 Å².